The van der Waals surface area contributed by atoms with Crippen molar-refractivity contribution in [3.05, 3.63) is 28.7 Å². The Kier molecular flexibility index (Phi) is 5.72. The fraction of sp³-hybridized carbons (Fsp3) is 0.400. The van der Waals surface area contributed by atoms with Crippen LogP contribution in [0.5, 0.6) is 0 Å². The van der Waals surface area contributed by atoms with Crippen LogP contribution in [0, 0.1) is 22.7 Å². The number of nitrogens with one attached hydrogen (secondary N) is 2. The summed E-state index contributed by atoms with van der Waals surface area (Å²) >= 11 is 5.83. The summed E-state index contributed by atoms with van der Waals surface area (Å²) in [6.07, 6.45) is 4.58. The van der Waals surface area contributed by atoms with Gasteiger partial charge in [0.15, 0.2) is 0 Å². The van der Waals surface area contributed by atoms with Crippen molar-refractivity contribution in [3.63, 3.8) is 0 Å². The van der Waals surface area contributed by atoms with Crippen molar-refractivity contribution < 1.29 is 0 Å². The van der Waals surface area contributed by atoms with Crippen LogP contribution in [0.1, 0.15) is 33.3 Å². The van der Waals surface area contributed by atoms with E-state index in [1.807, 2.05) is 6.92 Å². The standard InChI is InChI=1S/C15H19ClN4/c1-5-11(8-17)6-7-12-9-18-14(16)20-13(12)19-10-15(2,3)4/h5,8-9,17H,10H2,1-4H3,(H,18,19,20)/b11-5-,17-8?. The highest BCUT2D eigenvalue weighted by atomic mass is 35.5. The molecule has 0 atom stereocenters. The fourth-order valence-electron chi connectivity index (χ4n) is 1.27. The third kappa shape index (κ3) is 5.41. The van der Waals surface area contributed by atoms with Gasteiger partial charge in [-0.05, 0) is 23.9 Å². The molecule has 0 radical (unpaired) electrons. The molecule has 2 N–H and O–H groups in total. The third-order valence-corrected chi connectivity index (χ3v) is 2.54. The third-order valence-electron chi connectivity index (χ3n) is 2.35. The molecular formula is C15H19ClN4. The van der Waals surface area contributed by atoms with Crippen LogP contribution < -0.4 is 5.32 Å². The molecular weight excluding hydrogens is 272 g/mol. The van der Waals surface area contributed by atoms with Gasteiger partial charge >= 0.3 is 0 Å². The zero-order valence-electron chi connectivity index (χ0n) is 12.2. The van der Waals surface area contributed by atoms with Gasteiger partial charge in [0.1, 0.15) is 5.82 Å². The lowest BCUT2D eigenvalue weighted by Crippen LogP contribution is -2.20. The number of rotatable bonds is 3. The van der Waals surface area contributed by atoms with Gasteiger partial charge in [-0.15, -0.1) is 0 Å². The van der Waals surface area contributed by atoms with E-state index in [-0.39, 0.29) is 10.7 Å². The van der Waals surface area contributed by atoms with E-state index in [1.165, 1.54) is 6.21 Å². The number of hydrogen-bond donors (Lipinski definition) is 2. The van der Waals surface area contributed by atoms with Gasteiger partial charge in [-0.3, -0.25) is 0 Å². The topological polar surface area (TPSA) is 61.7 Å². The Morgan fingerprint density at radius 3 is 2.75 bits per heavy atom. The largest absolute Gasteiger partial charge is 0.368 e. The molecule has 0 bridgehead atoms. The molecule has 1 rings (SSSR count). The summed E-state index contributed by atoms with van der Waals surface area (Å²) in [4.78, 5) is 8.12. The Labute approximate surface area is 125 Å². The summed E-state index contributed by atoms with van der Waals surface area (Å²) < 4.78 is 0. The summed E-state index contributed by atoms with van der Waals surface area (Å²) in [5.74, 6) is 6.48. The van der Waals surface area contributed by atoms with Crippen LogP contribution in [0.4, 0.5) is 5.82 Å². The van der Waals surface area contributed by atoms with Crippen molar-refractivity contribution in [2.75, 3.05) is 11.9 Å². The van der Waals surface area contributed by atoms with E-state index >= 15 is 0 Å². The molecule has 106 valence electrons. The van der Waals surface area contributed by atoms with Gasteiger partial charge in [0.25, 0.3) is 0 Å². The van der Waals surface area contributed by atoms with Crippen molar-refractivity contribution in [3.8, 4) is 11.8 Å². The zero-order chi connectivity index (χ0) is 15.2. The van der Waals surface area contributed by atoms with Gasteiger partial charge in [0, 0.05) is 24.5 Å². The minimum absolute atomic E-state index is 0.117. The van der Waals surface area contributed by atoms with Gasteiger partial charge in [-0.1, -0.05) is 38.7 Å². The first-order chi connectivity index (χ1) is 9.35. The smallest absolute Gasteiger partial charge is 0.224 e. The number of anilines is 1. The second-order valence-electron chi connectivity index (χ2n) is 5.45. The van der Waals surface area contributed by atoms with Crippen molar-refractivity contribution in [2.24, 2.45) is 5.41 Å². The van der Waals surface area contributed by atoms with Gasteiger partial charge in [-0.2, -0.15) is 4.98 Å². The van der Waals surface area contributed by atoms with Crippen LogP contribution in [0.25, 0.3) is 0 Å². The van der Waals surface area contributed by atoms with Crippen molar-refractivity contribution in [2.45, 2.75) is 27.7 Å². The van der Waals surface area contributed by atoms with Gasteiger partial charge in [0.05, 0.1) is 5.56 Å². The van der Waals surface area contributed by atoms with E-state index in [9.17, 15) is 0 Å². The molecule has 0 saturated carbocycles. The highest BCUT2D eigenvalue weighted by Crippen LogP contribution is 2.17. The Bertz CT molecular complexity index is 574. The van der Waals surface area contributed by atoms with Crippen molar-refractivity contribution in [1.82, 2.24) is 9.97 Å². The Balaban J connectivity index is 3.04. The van der Waals surface area contributed by atoms with E-state index in [1.54, 1.807) is 12.3 Å². The molecule has 0 spiro atoms. The number of halogens is 1. The lowest BCUT2D eigenvalue weighted by atomic mass is 9.97. The molecule has 4 nitrogen and oxygen atoms in total. The average molecular weight is 291 g/mol. The predicted molar refractivity (Wildman–Crippen MR) is 84.4 cm³/mol. The number of aromatic nitrogens is 2. The molecule has 0 saturated heterocycles. The monoisotopic (exact) mass is 290 g/mol. The van der Waals surface area contributed by atoms with E-state index in [2.05, 4.69) is 47.9 Å². The minimum Gasteiger partial charge on any atom is -0.368 e. The van der Waals surface area contributed by atoms with E-state index < -0.39 is 0 Å². The normalized spacial score (nSPS) is 11.6. The maximum atomic E-state index is 7.21. The summed E-state index contributed by atoms with van der Waals surface area (Å²) in [5, 5.41) is 10.6. The Morgan fingerprint density at radius 2 is 2.20 bits per heavy atom. The highest BCUT2D eigenvalue weighted by Gasteiger charge is 2.12. The summed E-state index contributed by atoms with van der Waals surface area (Å²) in [7, 11) is 0. The molecule has 1 aromatic rings. The number of nitrogens with zero attached hydrogens (tertiary/aromatic N) is 2. The second kappa shape index (κ2) is 7.06. The lowest BCUT2D eigenvalue weighted by molar-refractivity contribution is 0.442. The second-order valence-corrected chi connectivity index (χ2v) is 5.79. The van der Waals surface area contributed by atoms with Crippen LogP contribution in [0.2, 0.25) is 5.28 Å². The van der Waals surface area contributed by atoms with Gasteiger partial charge < -0.3 is 10.7 Å². The van der Waals surface area contributed by atoms with Crippen LogP contribution in [-0.4, -0.2) is 22.7 Å². The van der Waals surface area contributed by atoms with Crippen molar-refractivity contribution in [1.29, 1.82) is 5.41 Å². The lowest BCUT2D eigenvalue weighted by Gasteiger charge is -2.19. The molecule has 1 aromatic heterocycles. The molecule has 0 aromatic carbocycles. The first kappa shape index (κ1) is 16.2. The van der Waals surface area contributed by atoms with Crippen LogP contribution in [0.15, 0.2) is 17.8 Å². The molecule has 0 fully saturated rings. The molecule has 0 unspecified atom stereocenters. The minimum atomic E-state index is 0.117. The van der Waals surface area contributed by atoms with E-state index in [0.717, 1.165) is 6.54 Å². The Hall–Kier alpha value is -1.86. The maximum absolute atomic E-state index is 7.21. The first-order valence-corrected chi connectivity index (χ1v) is 6.69. The Morgan fingerprint density at radius 1 is 1.50 bits per heavy atom. The fourth-order valence-corrected chi connectivity index (χ4v) is 1.40. The highest BCUT2D eigenvalue weighted by molar-refractivity contribution is 6.28. The number of hydrogen-bond acceptors (Lipinski definition) is 4. The molecule has 1 heterocycles. The van der Waals surface area contributed by atoms with Crippen LogP contribution in [0.3, 0.4) is 0 Å². The van der Waals surface area contributed by atoms with Crippen molar-refractivity contribution >= 4 is 23.6 Å². The summed E-state index contributed by atoms with van der Waals surface area (Å²) in [6.45, 7) is 8.96. The molecule has 20 heavy (non-hydrogen) atoms. The first-order valence-electron chi connectivity index (χ1n) is 6.31. The molecule has 0 amide bonds. The summed E-state index contributed by atoms with van der Waals surface area (Å²) in [6, 6.07) is 0. The van der Waals surface area contributed by atoms with Crippen LogP contribution in [-0.2, 0) is 0 Å². The molecule has 0 aliphatic heterocycles. The summed E-state index contributed by atoms with van der Waals surface area (Å²) in [5.41, 5.74) is 1.42. The quantitative estimate of drug-likeness (QED) is 0.508. The molecule has 5 heteroatoms. The number of allylic oxidation sites excluding steroid dienone is 2. The average Bonchev–Trinajstić information content (AvgIpc) is 2.38. The molecule has 0 aliphatic carbocycles. The predicted octanol–water partition coefficient (Wildman–Crippen LogP) is 3.54. The molecule has 0 aliphatic rings. The zero-order valence-corrected chi connectivity index (χ0v) is 13.0. The van der Waals surface area contributed by atoms with E-state index in [4.69, 9.17) is 17.0 Å². The van der Waals surface area contributed by atoms with Crippen LogP contribution >= 0.6 is 11.6 Å². The van der Waals surface area contributed by atoms with Gasteiger partial charge in [-0.25, -0.2) is 4.98 Å². The van der Waals surface area contributed by atoms with Gasteiger partial charge in [0.2, 0.25) is 5.28 Å². The maximum Gasteiger partial charge on any atom is 0.224 e. The van der Waals surface area contributed by atoms with E-state index in [0.29, 0.717) is 17.0 Å². The SMILES string of the molecule is C/C=C(/C#Cc1cnc(Cl)nc1NCC(C)(C)C)C=N.